The summed E-state index contributed by atoms with van der Waals surface area (Å²) in [6.45, 7) is 1.86. The Labute approximate surface area is 136 Å². The maximum atomic E-state index is 11.6. The van der Waals surface area contributed by atoms with Gasteiger partial charge >= 0.3 is 0 Å². The van der Waals surface area contributed by atoms with E-state index in [4.69, 9.17) is 0 Å². The average molecular weight is 330 g/mol. The Morgan fingerprint density at radius 1 is 1.48 bits per heavy atom. The number of aromatic nitrogens is 1. The first-order valence-electron chi connectivity index (χ1n) is 6.69. The third kappa shape index (κ3) is 5.11. The number of hydrogen-bond acceptors (Lipinski definition) is 6. The summed E-state index contributed by atoms with van der Waals surface area (Å²) in [7, 11) is 0. The van der Waals surface area contributed by atoms with Crippen LogP contribution in [-0.4, -0.2) is 22.0 Å². The van der Waals surface area contributed by atoms with E-state index in [1.165, 1.54) is 29.7 Å². The van der Waals surface area contributed by atoms with Crippen LogP contribution in [0.3, 0.4) is 0 Å². The molecular formula is C15H14N4O3S. The summed E-state index contributed by atoms with van der Waals surface area (Å²) in [5.74, 6) is -0.269. The average Bonchev–Trinajstić information content (AvgIpc) is 2.92. The molecule has 1 aromatic heterocycles. The van der Waals surface area contributed by atoms with Gasteiger partial charge in [-0.2, -0.15) is 5.10 Å². The van der Waals surface area contributed by atoms with E-state index in [2.05, 4.69) is 15.5 Å². The molecule has 0 saturated carbocycles. The first-order valence-corrected chi connectivity index (χ1v) is 7.57. The van der Waals surface area contributed by atoms with Crippen LogP contribution in [-0.2, 0) is 11.2 Å². The van der Waals surface area contributed by atoms with Crippen molar-refractivity contribution in [3.8, 4) is 0 Å². The number of nitrogens with one attached hydrogen (secondary N) is 1. The van der Waals surface area contributed by atoms with Crippen LogP contribution in [0.2, 0.25) is 0 Å². The minimum Gasteiger partial charge on any atom is -0.273 e. The van der Waals surface area contributed by atoms with Crippen molar-refractivity contribution >= 4 is 35.2 Å². The van der Waals surface area contributed by atoms with Gasteiger partial charge in [-0.15, -0.1) is 11.3 Å². The van der Waals surface area contributed by atoms with Crippen molar-refractivity contribution in [3.05, 3.63) is 62.1 Å². The molecule has 7 nitrogen and oxygen atoms in total. The standard InChI is InChI=1S/C15H14N4O3S/c1-11-10-23-15(17-11)9-14(20)18-16-8-4-6-12-5-2-3-7-13(12)19(21)22/h2-8,10H,9H2,1H3,(H,18,20)/b6-4+,16-8-. The number of carbonyl (C=O) groups excluding carboxylic acids is 1. The predicted octanol–water partition coefficient (Wildman–Crippen LogP) is 2.72. The summed E-state index contributed by atoms with van der Waals surface area (Å²) in [5.41, 5.74) is 3.74. The van der Waals surface area contributed by atoms with Crippen molar-refractivity contribution in [2.45, 2.75) is 13.3 Å². The van der Waals surface area contributed by atoms with Gasteiger partial charge in [0, 0.05) is 23.4 Å². The highest BCUT2D eigenvalue weighted by Crippen LogP contribution is 2.18. The number of aryl methyl sites for hydroxylation is 1. The van der Waals surface area contributed by atoms with Gasteiger partial charge < -0.3 is 0 Å². The van der Waals surface area contributed by atoms with E-state index in [-0.39, 0.29) is 18.0 Å². The molecule has 23 heavy (non-hydrogen) atoms. The van der Waals surface area contributed by atoms with E-state index in [0.717, 1.165) is 10.7 Å². The molecule has 0 saturated heterocycles. The molecule has 118 valence electrons. The Morgan fingerprint density at radius 3 is 2.96 bits per heavy atom. The molecule has 0 aliphatic heterocycles. The topological polar surface area (TPSA) is 97.5 Å². The van der Waals surface area contributed by atoms with E-state index in [1.54, 1.807) is 24.3 Å². The largest absolute Gasteiger partial charge is 0.276 e. The first kappa shape index (κ1) is 16.5. The second-order valence-electron chi connectivity index (χ2n) is 4.55. The second kappa shape index (κ2) is 7.95. The number of hydrazone groups is 1. The smallest absolute Gasteiger partial charge is 0.273 e. The van der Waals surface area contributed by atoms with Crippen LogP contribution in [0.1, 0.15) is 16.3 Å². The van der Waals surface area contributed by atoms with Crippen LogP contribution in [0.25, 0.3) is 6.08 Å². The first-order chi connectivity index (χ1) is 11.1. The van der Waals surface area contributed by atoms with E-state index in [1.807, 2.05) is 12.3 Å². The molecule has 0 bridgehead atoms. The lowest BCUT2D eigenvalue weighted by Gasteiger charge is -1.96. The highest BCUT2D eigenvalue weighted by atomic mass is 32.1. The summed E-state index contributed by atoms with van der Waals surface area (Å²) < 4.78 is 0. The number of amides is 1. The zero-order valence-electron chi connectivity index (χ0n) is 12.3. The lowest BCUT2D eigenvalue weighted by molar-refractivity contribution is -0.385. The molecule has 0 spiro atoms. The summed E-state index contributed by atoms with van der Waals surface area (Å²) >= 11 is 1.42. The Bertz CT molecular complexity index is 768. The molecule has 8 heteroatoms. The van der Waals surface area contributed by atoms with Gasteiger partial charge in [0.05, 0.1) is 16.9 Å². The molecule has 0 radical (unpaired) electrons. The minimum atomic E-state index is -0.450. The second-order valence-corrected chi connectivity index (χ2v) is 5.49. The van der Waals surface area contributed by atoms with Crippen LogP contribution < -0.4 is 5.43 Å². The quantitative estimate of drug-likeness (QED) is 0.500. The number of thiazole rings is 1. The summed E-state index contributed by atoms with van der Waals surface area (Å²) in [5, 5.41) is 17.2. The van der Waals surface area contributed by atoms with Crippen LogP contribution in [0.4, 0.5) is 5.69 Å². The highest BCUT2D eigenvalue weighted by molar-refractivity contribution is 7.09. The number of carbonyl (C=O) groups is 1. The Kier molecular flexibility index (Phi) is 5.70. The van der Waals surface area contributed by atoms with E-state index in [9.17, 15) is 14.9 Å². The maximum absolute atomic E-state index is 11.6. The van der Waals surface area contributed by atoms with Gasteiger partial charge in [-0.25, -0.2) is 10.4 Å². The van der Waals surface area contributed by atoms with E-state index >= 15 is 0 Å². The number of hydrogen-bond donors (Lipinski definition) is 1. The number of para-hydroxylation sites is 1. The molecular weight excluding hydrogens is 316 g/mol. The normalized spacial score (nSPS) is 11.2. The zero-order valence-corrected chi connectivity index (χ0v) is 13.1. The van der Waals surface area contributed by atoms with Gasteiger partial charge in [0.1, 0.15) is 5.01 Å². The molecule has 2 aromatic rings. The monoisotopic (exact) mass is 330 g/mol. The van der Waals surface area contributed by atoms with Crippen molar-refractivity contribution in [2.75, 3.05) is 0 Å². The third-order valence-corrected chi connectivity index (χ3v) is 3.70. The Balaban J connectivity index is 1.87. The predicted molar refractivity (Wildman–Crippen MR) is 89.3 cm³/mol. The summed E-state index contributed by atoms with van der Waals surface area (Å²) in [6, 6.07) is 6.37. The van der Waals surface area contributed by atoms with Gasteiger partial charge in [0.25, 0.3) is 5.69 Å². The van der Waals surface area contributed by atoms with Crippen molar-refractivity contribution in [1.29, 1.82) is 0 Å². The fourth-order valence-electron chi connectivity index (χ4n) is 1.75. The van der Waals surface area contributed by atoms with Gasteiger partial charge in [0.15, 0.2) is 0 Å². The zero-order chi connectivity index (χ0) is 16.7. The lowest BCUT2D eigenvalue weighted by Crippen LogP contribution is -2.19. The highest BCUT2D eigenvalue weighted by Gasteiger charge is 2.08. The van der Waals surface area contributed by atoms with E-state index in [0.29, 0.717) is 5.56 Å². The van der Waals surface area contributed by atoms with Crippen LogP contribution in [0.5, 0.6) is 0 Å². The molecule has 0 aliphatic carbocycles. The fourth-order valence-corrected chi connectivity index (χ4v) is 2.52. The molecule has 1 N–H and O–H groups in total. The number of rotatable bonds is 6. The van der Waals surface area contributed by atoms with Gasteiger partial charge in [0.2, 0.25) is 5.91 Å². The molecule has 1 heterocycles. The van der Waals surface area contributed by atoms with E-state index < -0.39 is 4.92 Å². The molecule has 0 aliphatic rings. The molecule has 0 fully saturated rings. The van der Waals surface area contributed by atoms with Crippen molar-refractivity contribution in [1.82, 2.24) is 10.4 Å². The maximum Gasteiger partial charge on any atom is 0.276 e. The van der Waals surface area contributed by atoms with Gasteiger partial charge in [-0.05, 0) is 25.1 Å². The van der Waals surface area contributed by atoms with Gasteiger partial charge in [-0.1, -0.05) is 12.1 Å². The third-order valence-electron chi connectivity index (χ3n) is 2.74. The van der Waals surface area contributed by atoms with Gasteiger partial charge in [-0.3, -0.25) is 14.9 Å². The molecule has 0 unspecified atom stereocenters. The number of nitrogens with zero attached hydrogens (tertiary/aromatic N) is 3. The molecule has 0 atom stereocenters. The number of nitro groups is 1. The molecule has 1 aromatic carbocycles. The van der Waals surface area contributed by atoms with Crippen molar-refractivity contribution in [3.63, 3.8) is 0 Å². The van der Waals surface area contributed by atoms with Crippen LogP contribution in [0.15, 0.2) is 40.8 Å². The molecule has 2 rings (SSSR count). The lowest BCUT2D eigenvalue weighted by atomic mass is 10.2. The Hall–Kier alpha value is -2.87. The number of nitro benzene ring substituents is 1. The summed E-state index contributed by atoms with van der Waals surface area (Å²) in [6.07, 6.45) is 4.61. The number of benzene rings is 1. The number of allylic oxidation sites excluding steroid dienone is 1. The fraction of sp³-hybridized carbons (Fsp3) is 0.133. The SMILES string of the molecule is Cc1csc(CC(=O)N/N=C\C=C\c2ccccc2[N+](=O)[O-])n1. The summed E-state index contributed by atoms with van der Waals surface area (Å²) in [4.78, 5) is 26.2. The molecule has 1 amide bonds. The van der Waals surface area contributed by atoms with Crippen molar-refractivity contribution in [2.24, 2.45) is 5.10 Å². The van der Waals surface area contributed by atoms with Crippen LogP contribution >= 0.6 is 11.3 Å². The minimum absolute atomic E-state index is 0.0142. The van der Waals surface area contributed by atoms with Crippen LogP contribution in [0, 0.1) is 17.0 Å². The van der Waals surface area contributed by atoms with Crippen molar-refractivity contribution < 1.29 is 9.72 Å². The Morgan fingerprint density at radius 2 is 2.26 bits per heavy atom.